The monoisotopic (exact) mass is 210 g/mol. The zero-order valence-electron chi connectivity index (χ0n) is 7.87. The summed E-state index contributed by atoms with van der Waals surface area (Å²) in [4.78, 5) is 11.6. The van der Waals surface area contributed by atoms with Crippen molar-refractivity contribution in [1.29, 1.82) is 0 Å². The van der Waals surface area contributed by atoms with Crippen LogP contribution >= 0.6 is 11.6 Å². The smallest absolute Gasteiger partial charge is 0.317 e. The molecule has 0 bridgehead atoms. The van der Waals surface area contributed by atoms with Gasteiger partial charge < -0.3 is 4.74 Å². The van der Waals surface area contributed by atoms with Crippen molar-refractivity contribution < 1.29 is 9.53 Å². The molecular weight excluding hydrogens is 200 g/mol. The standard InChI is InChI=1S/C11H11ClO2/c1-14-10(13)11(7-9(11)12)8-5-3-2-4-6-8/h2-6,9H,7H2,1H3. The Hall–Kier alpha value is -1.02. The fourth-order valence-electron chi connectivity index (χ4n) is 1.77. The maximum Gasteiger partial charge on any atom is 0.317 e. The number of alkyl halides is 1. The lowest BCUT2D eigenvalue weighted by Crippen LogP contribution is -2.24. The van der Waals surface area contributed by atoms with E-state index in [-0.39, 0.29) is 11.3 Å². The van der Waals surface area contributed by atoms with Crippen LogP contribution in [0.3, 0.4) is 0 Å². The van der Waals surface area contributed by atoms with Crippen molar-refractivity contribution in [3.8, 4) is 0 Å². The first-order valence-electron chi connectivity index (χ1n) is 4.50. The number of hydrogen-bond acceptors (Lipinski definition) is 2. The lowest BCUT2D eigenvalue weighted by Gasteiger charge is -2.12. The van der Waals surface area contributed by atoms with Gasteiger partial charge in [-0.05, 0) is 12.0 Å². The van der Waals surface area contributed by atoms with Gasteiger partial charge in [-0.1, -0.05) is 30.3 Å². The second-order valence-corrected chi connectivity index (χ2v) is 4.03. The highest BCUT2D eigenvalue weighted by molar-refractivity contribution is 6.26. The Morgan fingerprint density at radius 1 is 1.50 bits per heavy atom. The van der Waals surface area contributed by atoms with Gasteiger partial charge in [0, 0.05) is 0 Å². The molecule has 1 aliphatic carbocycles. The van der Waals surface area contributed by atoms with Crippen molar-refractivity contribution in [2.24, 2.45) is 0 Å². The average molecular weight is 211 g/mol. The zero-order valence-corrected chi connectivity index (χ0v) is 8.62. The predicted molar refractivity (Wildman–Crippen MR) is 54.4 cm³/mol. The van der Waals surface area contributed by atoms with Crippen molar-refractivity contribution in [2.45, 2.75) is 17.2 Å². The molecule has 0 aliphatic heterocycles. The minimum Gasteiger partial charge on any atom is -0.468 e. The molecule has 1 aromatic carbocycles. The third-order valence-electron chi connectivity index (χ3n) is 2.71. The van der Waals surface area contributed by atoms with E-state index in [2.05, 4.69) is 0 Å². The molecule has 1 fully saturated rings. The van der Waals surface area contributed by atoms with Gasteiger partial charge in [-0.3, -0.25) is 4.79 Å². The molecule has 2 rings (SSSR count). The van der Waals surface area contributed by atoms with Crippen LogP contribution in [-0.2, 0) is 14.9 Å². The summed E-state index contributed by atoms with van der Waals surface area (Å²) < 4.78 is 4.78. The van der Waals surface area contributed by atoms with Crippen LogP contribution in [-0.4, -0.2) is 18.5 Å². The number of benzene rings is 1. The molecule has 2 nitrogen and oxygen atoms in total. The van der Waals surface area contributed by atoms with Crippen molar-refractivity contribution in [2.75, 3.05) is 7.11 Å². The highest BCUT2D eigenvalue weighted by Gasteiger charge is 2.61. The minimum atomic E-state index is -0.586. The maximum absolute atomic E-state index is 11.6. The van der Waals surface area contributed by atoms with E-state index in [0.717, 1.165) is 5.56 Å². The third-order valence-corrected chi connectivity index (χ3v) is 3.24. The minimum absolute atomic E-state index is 0.127. The Balaban J connectivity index is 2.36. The molecule has 0 N–H and O–H groups in total. The molecule has 0 amide bonds. The number of carbonyl (C=O) groups is 1. The topological polar surface area (TPSA) is 26.3 Å². The molecule has 1 aliphatic rings. The molecule has 14 heavy (non-hydrogen) atoms. The molecule has 0 aromatic heterocycles. The van der Waals surface area contributed by atoms with E-state index in [1.165, 1.54) is 7.11 Å². The third kappa shape index (κ3) is 1.22. The van der Waals surface area contributed by atoms with Crippen molar-refractivity contribution in [3.05, 3.63) is 35.9 Å². The summed E-state index contributed by atoms with van der Waals surface area (Å²) in [5, 5.41) is -0.127. The van der Waals surface area contributed by atoms with E-state index in [4.69, 9.17) is 16.3 Å². The van der Waals surface area contributed by atoms with E-state index >= 15 is 0 Å². The molecule has 0 spiro atoms. The van der Waals surface area contributed by atoms with Gasteiger partial charge in [-0.25, -0.2) is 0 Å². The zero-order chi connectivity index (χ0) is 10.2. The summed E-state index contributed by atoms with van der Waals surface area (Å²) in [5.74, 6) is -0.233. The fraction of sp³-hybridized carbons (Fsp3) is 0.364. The van der Waals surface area contributed by atoms with Crippen molar-refractivity contribution >= 4 is 17.6 Å². The Labute approximate surface area is 87.8 Å². The first kappa shape index (κ1) is 9.53. The van der Waals surface area contributed by atoms with Crippen LogP contribution < -0.4 is 0 Å². The number of esters is 1. The second kappa shape index (κ2) is 3.28. The Morgan fingerprint density at radius 2 is 2.07 bits per heavy atom. The van der Waals surface area contributed by atoms with Gasteiger partial charge >= 0.3 is 5.97 Å². The average Bonchev–Trinajstić information content (AvgIpc) is 2.92. The molecule has 74 valence electrons. The number of methoxy groups -OCH3 is 1. The van der Waals surface area contributed by atoms with Crippen LogP contribution in [0.25, 0.3) is 0 Å². The Kier molecular flexibility index (Phi) is 2.23. The summed E-state index contributed by atoms with van der Waals surface area (Å²) in [6.07, 6.45) is 0.672. The van der Waals surface area contributed by atoms with Gasteiger partial charge in [-0.15, -0.1) is 11.6 Å². The van der Waals surface area contributed by atoms with Crippen LogP contribution in [0, 0.1) is 0 Å². The second-order valence-electron chi connectivity index (χ2n) is 3.50. The quantitative estimate of drug-likeness (QED) is 0.552. The number of hydrogen-bond donors (Lipinski definition) is 0. The van der Waals surface area contributed by atoms with Crippen LogP contribution in [0.15, 0.2) is 30.3 Å². The first-order chi connectivity index (χ1) is 6.71. The highest BCUT2D eigenvalue weighted by Crippen LogP contribution is 2.52. The van der Waals surface area contributed by atoms with Crippen LogP contribution in [0.4, 0.5) is 0 Å². The van der Waals surface area contributed by atoms with Crippen molar-refractivity contribution in [1.82, 2.24) is 0 Å². The van der Waals surface area contributed by atoms with E-state index in [1.807, 2.05) is 30.3 Å². The lowest BCUT2D eigenvalue weighted by atomic mass is 9.96. The molecule has 0 heterocycles. The summed E-state index contributed by atoms with van der Waals surface area (Å²) >= 11 is 6.02. The van der Waals surface area contributed by atoms with Crippen molar-refractivity contribution in [3.63, 3.8) is 0 Å². The van der Waals surface area contributed by atoms with Crippen LogP contribution in [0.1, 0.15) is 12.0 Å². The molecule has 0 saturated heterocycles. The van der Waals surface area contributed by atoms with E-state index in [0.29, 0.717) is 6.42 Å². The Bertz CT molecular complexity index is 350. The predicted octanol–water partition coefficient (Wildman–Crippen LogP) is 2.11. The van der Waals surface area contributed by atoms with Gasteiger partial charge in [0.05, 0.1) is 12.5 Å². The fourth-order valence-corrected chi connectivity index (χ4v) is 2.23. The summed E-state index contributed by atoms with van der Waals surface area (Å²) in [5.41, 5.74) is 0.365. The van der Waals surface area contributed by atoms with E-state index in [1.54, 1.807) is 0 Å². The highest BCUT2D eigenvalue weighted by atomic mass is 35.5. The normalized spacial score (nSPS) is 29.7. The van der Waals surface area contributed by atoms with Gasteiger partial charge in [0.15, 0.2) is 0 Å². The van der Waals surface area contributed by atoms with E-state index in [9.17, 15) is 4.79 Å². The van der Waals surface area contributed by atoms with Gasteiger partial charge in [0.25, 0.3) is 0 Å². The maximum atomic E-state index is 11.6. The lowest BCUT2D eigenvalue weighted by molar-refractivity contribution is -0.143. The number of carbonyl (C=O) groups excluding carboxylic acids is 1. The molecule has 2 atom stereocenters. The molecule has 3 heteroatoms. The number of ether oxygens (including phenoxy) is 1. The number of halogens is 1. The molecular formula is C11H11ClO2. The molecule has 1 saturated carbocycles. The number of rotatable bonds is 2. The van der Waals surface area contributed by atoms with Crippen LogP contribution in [0.5, 0.6) is 0 Å². The Morgan fingerprint density at radius 3 is 2.50 bits per heavy atom. The summed E-state index contributed by atoms with van der Waals surface area (Å²) in [6.45, 7) is 0. The molecule has 2 unspecified atom stereocenters. The SMILES string of the molecule is COC(=O)C1(c2ccccc2)CC1Cl. The largest absolute Gasteiger partial charge is 0.468 e. The van der Waals surface area contributed by atoms with E-state index < -0.39 is 5.41 Å². The van der Waals surface area contributed by atoms with Gasteiger partial charge in [0.2, 0.25) is 0 Å². The molecule has 1 aromatic rings. The summed E-state index contributed by atoms with van der Waals surface area (Å²) in [7, 11) is 1.40. The summed E-state index contributed by atoms with van der Waals surface area (Å²) in [6, 6.07) is 9.56. The first-order valence-corrected chi connectivity index (χ1v) is 4.93. The van der Waals surface area contributed by atoms with Gasteiger partial charge in [-0.2, -0.15) is 0 Å². The van der Waals surface area contributed by atoms with Gasteiger partial charge in [0.1, 0.15) is 5.41 Å². The van der Waals surface area contributed by atoms with Crippen LogP contribution in [0.2, 0.25) is 0 Å². The molecule has 0 radical (unpaired) electrons.